The summed E-state index contributed by atoms with van der Waals surface area (Å²) in [7, 11) is 0. The van der Waals surface area contributed by atoms with Gasteiger partial charge in [0.2, 0.25) is 0 Å². The van der Waals surface area contributed by atoms with Crippen LogP contribution < -0.4 is 16.0 Å². The van der Waals surface area contributed by atoms with Crippen LogP contribution in [0.5, 0.6) is 0 Å². The van der Waals surface area contributed by atoms with Crippen LogP contribution in [-0.4, -0.2) is 40.8 Å². The molecule has 0 bridgehead atoms. The summed E-state index contributed by atoms with van der Waals surface area (Å²) in [6.45, 7) is 7.14. The van der Waals surface area contributed by atoms with E-state index in [9.17, 15) is 4.79 Å². The molecule has 0 aliphatic carbocycles. The van der Waals surface area contributed by atoms with E-state index in [1.54, 1.807) is 11.1 Å². The van der Waals surface area contributed by atoms with Gasteiger partial charge in [-0.05, 0) is 40.2 Å². The topological polar surface area (TPSA) is 96.3 Å². The molecule has 8 heteroatoms. The number of nitrogens with two attached hydrogens (primary N) is 1. The molecule has 0 aromatic carbocycles. The maximum absolute atomic E-state index is 13.0. The van der Waals surface area contributed by atoms with Gasteiger partial charge in [0.1, 0.15) is 11.2 Å². The largest absolute Gasteiger partial charge is 0.443 e. The standard InChI is InChI=1S/C17H24ClN5O2/c1-17(2,3)25-16(24)23(10-5-4-6-20-7-10)14-11(18)8-21-15-13(14)12(19)9-22-15/h8-10,20H,4-7,19H2,1-3H3,(H,21,22)/t10-/m1/s1. The maximum atomic E-state index is 13.0. The van der Waals surface area contributed by atoms with E-state index in [1.807, 2.05) is 20.8 Å². The smallest absolute Gasteiger partial charge is 0.415 e. The van der Waals surface area contributed by atoms with E-state index in [1.165, 1.54) is 6.20 Å². The summed E-state index contributed by atoms with van der Waals surface area (Å²) in [5.74, 6) is 0. The van der Waals surface area contributed by atoms with Crippen molar-refractivity contribution in [3.05, 3.63) is 17.4 Å². The molecule has 0 saturated carbocycles. The van der Waals surface area contributed by atoms with E-state index in [2.05, 4.69) is 15.3 Å². The lowest BCUT2D eigenvalue weighted by atomic mass is 10.0. The predicted molar refractivity (Wildman–Crippen MR) is 100 cm³/mol. The highest BCUT2D eigenvalue weighted by atomic mass is 35.5. The van der Waals surface area contributed by atoms with Gasteiger partial charge in [-0.2, -0.15) is 0 Å². The number of carbonyl (C=O) groups is 1. The van der Waals surface area contributed by atoms with E-state index in [-0.39, 0.29) is 6.04 Å². The van der Waals surface area contributed by atoms with Crippen molar-refractivity contribution in [3.8, 4) is 0 Å². The summed E-state index contributed by atoms with van der Waals surface area (Å²) in [5.41, 5.74) is 7.14. The predicted octanol–water partition coefficient (Wildman–Crippen LogP) is 3.29. The maximum Gasteiger partial charge on any atom is 0.415 e. The Bertz CT molecular complexity index is 777. The normalized spacial score (nSPS) is 18.3. The zero-order valence-electron chi connectivity index (χ0n) is 14.7. The third-order valence-electron chi connectivity index (χ3n) is 4.13. The third-order valence-corrected chi connectivity index (χ3v) is 4.40. The van der Waals surface area contributed by atoms with Crippen LogP contribution in [0.4, 0.5) is 16.2 Å². The number of hydrogen-bond acceptors (Lipinski definition) is 5. The SMILES string of the molecule is CC(C)(C)OC(=O)N(c1c(Cl)cnc2[nH]cc(N)c12)[C@@H]1CCCNC1. The highest BCUT2D eigenvalue weighted by molar-refractivity contribution is 6.35. The fourth-order valence-electron chi connectivity index (χ4n) is 3.10. The minimum Gasteiger partial charge on any atom is -0.443 e. The number of nitrogens with one attached hydrogen (secondary N) is 2. The molecular formula is C17H24ClN5O2. The number of rotatable bonds is 2. The van der Waals surface area contributed by atoms with Crippen molar-refractivity contribution >= 4 is 40.1 Å². The van der Waals surface area contributed by atoms with Crippen LogP contribution in [0, 0.1) is 0 Å². The van der Waals surface area contributed by atoms with Gasteiger partial charge in [0.15, 0.2) is 0 Å². The van der Waals surface area contributed by atoms with Gasteiger partial charge in [-0.15, -0.1) is 0 Å². The number of nitrogens with zero attached hydrogens (tertiary/aromatic N) is 2. The second-order valence-electron chi connectivity index (χ2n) is 7.27. The molecule has 136 valence electrons. The first kappa shape index (κ1) is 17.8. The molecule has 1 fully saturated rings. The van der Waals surface area contributed by atoms with Gasteiger partial charge >= 0.3 is 6.09 Å². The zero-order valence-corrected chi connectivity index (χ0v) is 15.5. The van der Waals surface area contributed by atoms with E-state index in [0.717, 1.165) is 19.4 Å². The number of H-pyrrole nitrogens is 1. The Hall–Kier alpha value is -1.99. The number of hydrogen-bond donors (Lipinski definition) is 3. The van der Waals surface area contributed by atoms with Gasteiger partial charge < -0.3 is 20.8 Å². The lowest BCUT2D eigenvalue weighted by Crippen LogP contribution is -2.50. The molecule has 1 aliphatic rings. The minimum atomic E-state index is -0.611. The molecule has 3 rings (SSSR count). The first-order valence-corrected chi connectivity index (χ1v) is 8.79. The average Bonchev–Trinajstić information content (AvgIpc) is 2.90. The number of ether oxygens (including phenoxy) is 1. The second-order valence-corrected chi connectivity index (χ2v) is 7.68. The van der Waals surface area contributed by atoms with Crippen LogP contribution in [0.2, 0.25) is 5.02 Å². The van der Waals surface area contributed by atoms with Crippen molar-refractivity contribution in [2.45, 2.75) is 45.3 Å². The monoisotopic (exact) mass is 365 g/mol. The molecule has 1 amide bonds. The number of anilines is 2. The number of aromatic nitrogens is 2. The van der Waals surface area contributed by atoms with Crippen LogP contribution in [0.15, 0.2) is 12.4 Å². The number of carbonyl (C=O) groups excluding carboxylic acids is 1. The number of pyridine rings is 1. The van der Waals surface area contributed by atoms with Gasteiger partial charge in [0, 0.05) is 12.7 Å². The van der Waals surface area contributed by atoms with Crippen LogP contribution in [0.1, 0.15) is 33.6 Å². The van der Waals surface area contributed by atoms with Gasteiger partial charge in [0.25, 0.3) is 0 Å². The molecule has 4 N–H and O–H groups in total. The van der Waals surface area contributed by atoms with Gasteiger partial charge in [-0.1, -0.05) is 11.6 Å². The van der Waals surface area contributed by atoms with Crippen LogP contribution in [-0.2, 0) is 4.74 Å². The van der Waals surface area contributed by atoms with E-state index >= 15 is 0 Å². The van der Waals surface area contributed by atoms with Crippen LogP contribution in [0.25, 0.3) is 11.0 Å². The second kappa shape index (κ2) is 6.72. The summed E-state index contributed by atoms with van der Waals surface area (Å²) >= 11 is 6.46. The summed E-state index contributed by atoms with van der Waals surface area (Å²) in [6.07, 6.45) is 4.58. The number of halogens is 1. The molecule has 1 aliphatic heterocycles. The lowest BCUT2D eigenvalue weighted by Gasteiger charge is -2.36. The Kier molecular flexibility index (Phi) is 4.79. The molecule has 0 spiro atoms. The molecular weight excluding hydrogens is 342 g/mol. The Morgan fingerprint density at radius 2 is 2.24 bits per heavy atom. The van der Waals surface area contributed by atoms with E-state index < -0.39 is 11.7 Å². The fourth-order valence-corrected chi connectivity index (χ4v) is 3.34. The Balaban J connectivity index is 2.12. The number of amides is 1. The number of fused-ring (bicyclic) bond motifs is 1. The Labute approximate surface area is 151 Å². The first-order chi connectivity index (χ1) is 11.8. The fraction of sp³-hybridized carbons (Fsp3) is 0.529. The van der Waals surface area contributed by atoms with Crippen molar-refractivity contribution in [1.29, 1.82) is 0 Å². The molecule has 3 heterocycles. The summed E-state index contributed by atoms with van der Waals surface area (Å²) < 4.78 is 5.66. The zero-order chi connectivity index (χ0) is 18.2. The molecule has 0 unspecified atom stereocenters. The Morgan fingerprint density at radius 1 is 1.48 bits per heavy atom. The van der Waals surface area contributed by atoms with Gasteiger partial charge in [0.05, 0.1) is 34.0 Å². The lowest BCUT2D eigenvalue weighted by molar-refractivity contribution is 0.0561. The van der Waals surface area contributed by atoms with Crippen molar-refractivity contribution in [1.82, 2.24) is 15.3 Å². The summed E-state index contributed by atoms with van der Waals surface area (Å²) in [4.78, 5) is 21.9. The Morgan fingerprint density at radius 3 is 2.88 bits per heavy atom. The number of aromatic amines is 1. The average molecular weight is 366 g/mol. The molecule has 2 aromatic rings. The highest BCUT2D eigenvalue weighted by Crippen LogP contribution is 2.38. The van der Waals surface area contributed by atoms with Gasteiger partial charge in [-0.25, -0.2) is 9.78 Å². The first-order valence-electron chi connectivity index (χ1n) is 8.42. The van der Waals surface area contributed by atoms with Crippen molar-refractivity contribution in [3.63, 3.8) is 0 Å². The molecule has 0 radical (unpaired) electrons. The quantitative estimate of drug-likeness (QED) is 0.758. The molecule has 2 aromatic heterocycles. The van der Waals surface area contributed by atoms with Crippen molar-refractivity contribution in [2.24, 2.45) is 0 Å². The summed E-state index contributed by atoms with van der Waals surface area (Å²) in [6, 6.07) is -0.0685. The number of piperidine rings is 1. The molecule has 7 nitrogen and oxygen atoms in total. The molecule has 25 heavy (non-hydrogen) atoms. The van der Waals surface area contributed by atoms with Crippen molar-refractivity contribution < 1.29 is 9.53 Å². The number of nitrogen functional groups attached to an aromatic ring is 1. The highest BCUT2D eigenvalue weighted by Gasteiger charge is 2.34. The minimum absolute atomic E-state index is 0.0685. The van der Waals surface area contributed by atoms with E-state index in [0.29, 0.717) is 34.0 Å². The summed E-state index contributed by atoms with van der Waals surface area (Å²) in [5, 5.41) is 4.34. The molecule has 1 atom stereocenters. The van der Waals surface area contributed by atoms with Gasteiger partial charge in [-0.3, -0.25) is 4.90 Å². The molecule has 1 saturated heterocycles. The third kappa shape index (κ3) is 3.67. The van der Waals surface area contributed by atoms with Crippen LogP contribution in [0.3, 0.4) is 0 Å². The van der Waals surface area contributed by atoms with Crippen molar-refractivity contribution in [2.75, 3.05) is 23.7 Å². The van der Waals surface area contributed by atoms with E-state index in [4.69, 9.17) is 22.1 Å². The van der Waals surface area contributed by atoms with Crippen LogP contribution >= 0.6 is 11.6 Å².